The summed E-state index contributed by atoms with van der Waals surface area (Å²) in [6, 6.07) is 20.8. The minimum atomic E-state index is -4.47. The number of benzene rings is 3. The molecule has 0 radical (unpaired) electrons. The van der Waals surface area contributed by atoms with E-state index in [0.717, 1.165) is 22.6 Å². The molecular weight excluding hydrogens is 437 g/mol. The van der Waals surface area contributed by atoms with Crippen LogP contribution < -0.4 is 10.6 Å². The molecule has 4 nitrogen and oxygen atoms in total. The van der Waals surface area contributed by atoms with Crippen molar-refractivity contribution in [1.29, 1.82) is 0 Å². The van der Waals surface area contributed by atoms with E-state index in [4.69, 9.17) is 0 Å². The molecule has 3 aromatic carbocycles. The maximum Gasteiger partial charge on any atom is 0.416 e. The summed E-state index contributed by atoms with van der Waals surface area (Å²) in [6.07, 6.45) is -1.32. The molecule has 0 bridgehead atoms. The highest BCUT2D eigenvalue weighted by Crippen LogP contribution is 2.30. The summed E-state index contributed by atoms with van der Waals surface area (Å²) in [5.41, 5.74) is 0.787. The topological polar surface area (TPSA) is 58.2 Å². The van der Waals surface area contributed by atoms with E-state index in [1.54, 1.807) is 30.3 Å². The Balaban J connectivity index is 1.48. The quantitative estimate of drug-likeness (QED) is 0.334. The van der Waals surface area contributed by atoms with Crippen LogP contribution in [-0.2, 0) is 15.8 Å². The van der Waals surface area contributed by atoms with Crippen molar-refractivity contribution in [3.05, 3.63) is 96.1 Å². The molecule has 0 saturated heterocycles. The first kappa shape index (κ1) is 23.1. The van der Waals surface area contributed by atoms with Crippen molar-refractivity contribution in [1.82, 2.24) is 0 Å². The zero-order valence-corrected chi connectivity index (χ0v) is 17.5. The second-order valence-electron chi connectivity index (χ2n) is 6.67. The fourth-order valence-electron chi connectivity index (χ4n) is 2.67. The number of amides is 2. The number of rotatable bonds is 7. The maximum atomic E-state index is 12.8. The molecule has 0 unspecified atom stereocenters. The van der Waals surface area contributed by atoms with Crippen molar-refractivity contribution in [3.63, 3.8) is 0 Å². The Labute approximate surface area is 187 Å². The van der Waals surface area contributed by atoms with Gasteiger partial charge in [0.25, 0.3) is 0 Å². The van der Waals surface area contributed by atoms with Crippen LogP contribution in [0, 0.1) is 0 Å². The fourth-order valence-corrected chi connectivity index (χ4v) is 3.37. The standard InChI is InChI=1S/C24H19F3N2O2S/c25-24(26,27)18-7-4-8-20(15-18)29-23(31)16-32-21-12-10-19(11-13-21)28-22(30)14-9-17-5-2-1-3-6-17/h1-15H,16H2,(H,28,30)(H,29,31)/b14-9+. The molecule has 32 heavy (non-hydrogen) atoms. The molecule has 0 fully saturated rings. The third-order valence-corrected chi connectivity index (χ3v) is 5.20. The summed E-state index contributed by atoms with van der Waals surface area (Å²) in [4.78, 5) is 24.9. The molecule has 0 aliphatic rings. The minimum absolute atomic E-state index is 0.0295. The second-order valence-corrected chi connectivity index (χ2v) is 7.72. The number of halogens is 3. The molecule has 3 rings (SSSR count). The molecule has 0 spiro atoms. The largest absolute Gasteiger partial charge is 0.416 e. The van der Waals surface area contributed by atoms with Crippen LogP contribution in [0.3, 0.4) is 0 Å². The van der Waals surface area contributed by atoms with Crippen LogP contribution in [-0.4, -0.2) is 17.6 Å². The van der Waals surface area contributed by atoms with E-state index in [9.17, 15) is 22.8 Å². The summed E-state index contributed by atoms with van der Waals surface area (Å²) >= 11 is 1.23. The van der Waals surface area contributed by atoms with E-state index in [2.05, 4.69) is 10.6 Å². The van der Waals surface area contributed by atoms with Crippen LogP contribution in [0.2, 0.25) is 0 Å². The number of hydrogen-bond acceptors (Lipinski definition) is 3. The third kappa shape index (κ3) is 7.31. The molecule has 3 aromatic rings. The van der Waals surface area contributed by atoms with Crippen molar-refractivity contribution in [2.24, 2.45) is 0 Å². The van der Waals surface area contributed by atoms with Crippen molar-refractivity contribution >= 4 is 41.0 Å². The number of nitrogens with one attached hydrogen (secondary N) is 2. The monoisotopic (exact) mass is 456 g/mol. The van der Waals surface area contributed by atoms with E-state index in [1.165, 1.54) is 30.0 Å². The van der Waals surface area contributed by atoms with Gasteiger partial charge in [-0.05, 0) is 54.1 Å². The van der Waals surface area contributed by atoms with Crippen molar-refractivity contribution in [2.75, 3.05) is 16.4 Å². The molecule has 0 aliphatic carbocycles. The Hall–Kier alpha value is -3.52. The fraction of sp³-hybridized carbons (Fsp3) is 0.0833. The van der Waals surface area contributed by atoms with Gasteiger partial charge in [0.2, 0.25) is 11.8 Å². The van der Waals surface area contributed by atoms with Crippen LogP contribution in [0.1, 0.15) is 11.1 Å². The van der Waals surface area contributed by atoms with Gasteiger partial charge in [-0.25, -0.2) is 0 Å². The van der Waals surface area contributed by atoms with Gasteiger partial charge >= 0.3 is 6.18 Å². The van der Waals surface area contributed by atoms with E-state index in [1.807, 2.05) is 30.3 Å². The summed E-state index contributed by atoms with van der Waals surface area (Å²) in [7, 11) is 0. The minimum Gasteiger partial charge on any atom is -0.325 e. The summed E-state index contributed by atoms with van der Waals surface area (Å²) in [5, 5.41) is 5.21. The van der Waals surface area contributed by atoms with E-state index >= 15 is 0 Å². The number of thioether (sulfide) groups is 1. The van der Waals surface area contributed by atoms with Gasteiger partial charge in [-0.3, -0.25) is 9.59 Å². The lowest BCUT2D eigenvalue weighted by Crippen LogP contribution is -2.15. The van der Waals surface area contributed by atoms with Crippen LogP contribution in [0.15, 0.2) is 89.8 Å². The zero-order chi connectivity index (χ0) is 23.0. The van der Waals surface area contributed by atoms with Gasteiger partial charge in [0.1, 0.15) is 0 Å². The van der Waals surface area contributed by atoms with Crippen molar-refractivity contribution in [2.45, 2.75) is 11.1 Å². The average Bonchev–Trinajstić information content (AvgIpc) is 2.77. The number of alkyl halides is 3. The zero-order valence-electron chi connectivity index (χ0n) is 16.7. The first-order valence-corrected chi connectivity index (χ1v) is 10.5. The molecule has 2 N–H and O–H groups in total. The summed E-state index contributed by atoms with van der Waals surface area (Å²) in [6.45, 7) is 0. The smallest absolute Gasteiger partial charge is 0.325 e. The van der Waals surface area contributed by atoms with E-state index in [0.29, 0.717) is 5.69 Å². The number of hydrogen-bond donors (Lipinski definition) is 2. The van der Waals surface area contributed by atoms with E-state index in [-0.39, 0.29) is 17.3 Å². The highest BCUT2D eigenvalue weighted by molar-refractivity contribution is 8.00. The van der Waals surface area contributed by atoms with Gasteiger partial charge in [0.15, 0.2) is 0 Å². The normalized spacial score (nSPS) is 11.3. The lowest BCUT2D eigenvalue weighted by molar-refractivity contribution is -0.137. The number of carbonyl (C=O) groups excluding carboxylic acids is 2. The van der Waals surface area contributed by atoms with Gasteiger partial charge in [0, 0.05) is 22.3 Å². The third-order valence-electron chi connectivity index (χ3n) is 4.19. The Morgan fingerprint density at radius 1 is 0.844 bits per heavy atom. The average molecular weight is 456 g/mol. The SMILES string of the molecule is O=C(/C=C/c1ccccc1)Nc1ccc(SCC(=O)Nc2cccc(C(F)(F)F)c2)cc1. The first-order valence-electron chi connectivity index (χ1n) is 9.54. The van der Waals surface area contributed by atoms with Crippen LogP contribution in [0.4, 0.5) is 24.5 Å². The highest BCUT2D eigenvalue weighted by atomic mass is 32.2. The molecule has 164 valence electrons. The van der Waals surface area contributed by atoms with Crippen molar-refractivity contribution < 1.29 is 22.8 Å². The molecule has 0 aromatic heterocycles. The van der Waals surface area contributed by atoms with Crippen LogP contribution in [0.25, 0.3) is 6.08 Å². The van der Waals surface area contributed by atoms with Gasteiger partial charge in [-0.1, -0.05) is 36.4 Å². The lowest BCUT2D eigenvalue weighted by atomic mass is 10.2. The lowest BCUT2D eigenvalue weighted by Gasteiger charge is -2.10. The molecule has 0 heterocycles. The van der Waals surface area contributed by atoms with Gasteiger partial charge in [0.05, 0.1) is 11.3 Å². The molecule has 8 heteroatoms. The predicted molar refractivity (Wildman–Crippen MR) is 121 cm³/mol. The van der Waals surface area contributed by atoms with Crippen LogP contribution in [0.5, 0.6) is 0 Å². The van der Waals surface area contributed by atoms with Gasteiger partial charge in [-0.15, -0.1) is 11.8 Å². The Kier molecular flexibility index (Phi) is 7.72. The Morgan fingerprint density at radius 2 is 1.56 bits per heavy atom. The molecule has 0 saturated carbocycles. The predicted octanol–water partition coefficient (Wildman–Crippen LogP) is 6.09. The molecule has 0 atom stereocenters. The summed E-state index contributed by atoms with van der Waals surface area (Å²) in [5.74, 6) is -0.658. The first-order chi connectivity index (χ1) is 15.3. The molecule has 2 amide bonds. The Morgan fingerprint density at radius 3 is 2.25 bits per heavy atom. The van der Waals surface area contributed by atoms with Gasteiger partial charge < -0.3 is 10.6 Å². The van der Waals surface area contributed by atoms with Crippen LogP contribution >= 0.6 is 11.8 Å². The highest BCUT2D eigenvalue weighted by Gasteiger charge is 2.30. The van der Waals surface area contributed by atoms with Gasteiger partial charge in [-0.2, -0.15) is 13.2 Å². The Bertz CT molecular complexity index is 1100. The molecule has 0 aliphatic heterocycles. The summed E-state index contributed by atoms with van der Waals surface area (Å²) < 4.78 is 38.3. The van der Waals surface area contributed by atoms with E-state index < -0.39 is 17.6 Å². The van der Waals surface area contributed by atoms with Crippen molar-refractivity contribution in [3.8, 4) is 0 Å². The maximum absolute atomic E-state index is 12.8. The molecular formula is C24H19F3N2O2S. The second kappa shape index (κ2) is 10.7. The number of carbonyl (C=O) groups is 2. The number of anilines is 2.